The third kappa shape index (κ3) is 5.24. The summed E-state index contributed by atoms with van der Waals surface area (Å²) < 4.78 is 10.2. The summed E-state index contributed by atoms with van der Waals surface area (Å²) >= 11 is 0. The number of ether oxygens (including phenoxy) is 2. The lowest BCUT2D eigenvalue weighted by Gasteiger charge is -2.04. The van der Waals surface area contributed by atoms with Gasteiger partial charge < -0.3 is 9.47 Å². The number of benzene rings is 2. The number of esters is 1. The molecule has 2 aromatic rings. The van der Waals surface area contributed by atoms with Crippen LogP contribution in [0.5, 0.6) is 5.75 Å². The van der Waals surface area contributed by atoms with Gasteiger partial charge in [0.25, 0.3) is 5.69 Å². The molecule has 6 nitrogen and oxygen atoms in total. The second-order valence-corrected chi connectivity index (χ2v) is 4.95. The van der Waals surface area contributed by atoms with Crippen LogP contribution in [0.1, 0.15) is 11.1 Å². The first-order valence-corrected chi connectivity index (χ1v) is 7.31. The van der Waals surface area contributed by atoms with E-state index < -0.39 is 10.9 Å². The molecule has 0 saturated carbocycles. The van der Waals surface area contributed by atoms with Crippen LogP contribution < -0.4 is 4.74 Å². The maximum absolute atomic E-state index is 11.7. The number of non-ortho nitro benzene ring substituents is 1. The Morgan fingerprint density at radius 2 is 1.96 bits per heavy atom. The fraction of sp³-hybridized carbons (Fsp3) is 0.167. The normalized spacial score (nSPS) is 10.5. The van der Waals surface area contributed by atoms with Crippen molar-refractivity contribution in [3.05, 3.63) is 75.8 Å². The van der Waals surface area contributed by atoms with E-state index in [0.29, 0.717) is 12.0 Å². The third-order valence-electron chi connectivity index (χ3n) is 3.29. The number of carbonyl (C=O) groups is 1. The summed E-state index contributed by atoms with van der Waals surface area (Å²) in [5.41, 5.74) is 1.58. The lowest BCUT2D eigenvalue weighted by molar-refractivity contribution is -0.384. The number of hydrogen-bond acceptors (Lipinski definition) is 5. The Morgan fingerprint density at radius 3 is 2.62 bits per heavy atom. The largest absolute Gasteiger partial charge is 0.497 e. The van der Waals surface area contributed by atoms with E-state index in [2.05, 4.69) is 0 Å². The summed E-state index contributed by atoms with van der Waals surface area (Å²) in [7, 11) is 1.60. The van der Waals surface area contributed by atoms with Gasteiger partial charge in [0.05, 0.1) is 18.6 Å². The molecule has 0 amide bonds. The van der Waals surface area contributed by atoms with Crippen LogP contribution in [0, 0.1) is 10.1 Å². The van der Waals surface area contributed by atoms with E-state index in [1.807, 2.05) is 24.3 Å². The molecule has 0 aliphatic rings. The van der Waals surface area contributed by atoms with Gasteiger partial charge in [-0.25, -0.2) is 4.79 Å². The first kappa shape index (κ1) is 17.2. The average Bonchev–Trinajstić information content (AvgIpc) is 2.61. The topological polar surface area (TPSA) is 78.7 Å². The van der Waals surface area contributed by atoms with Crippen molar-refractivity contribution >= 4 is 17.7 Å². The van der Waals surface area contributed by atoms with Crippen molar-refractivity contribution in [2.24, 2.45) is 0 Å². The van der Waals surface area contributed by atoms with Crippen LogP contribution >= 0.6 is 0 Å². The van der Waals surface area contributed by atoms with Crippen LogP contribution in [-0.4, -0.2) is 24.6 Å². The number of rotatable bonds is 7. The summed E-state index contributed by atoms with van der Waals surface area (Å²) in [6, 6.07) is 13.5. The van der Waals surface area contributed by atoms with E-state index in [1.54, 1.807) is 19.2 Å². The van der Waals surface area contributed by atoms with Crippen LogP contribution in [-0.2, 0) is 16.0 Å². The molecule has 0 heterocycles. The van der Waals surface area contributed by atoms with Gasteiger partial charge in [-0.05, 0) is 29.3 Å². The van der Waals surface area contributed by atoms with Gasteiger partial charge in [-0.3, -0.25) is 10.1 Å². The van der Waals surface area contributed by atoms with Crippen LogP contribution in [0.15, 0.2) is 54.6 Å². The summed E-state index contributed by atoms with van der Waals surface area (Å²) in [6.45, 7) is 0.254. The van der Waals surface area contributed by atoms with Crippen LogP contribution in [0.2, 0.25) is 0 Å². The molecule has 0 N–H and O–H groups in total. The smallest absolute Gasteiger partial charge is 0.330 e. The second kappa shape index (κ2) is 8.47. The zero-order valence-corrected chi connectivity index (χ0v) is 13.2. The maximum atomic E-state index is 11.7. The molecule has 0 fully saturated rings. The molecule has 0 radical (unpaired) electrons. The highest BCUT2D eigenvalue weighted by Crippen LogP contribution is 2.14. The van der Waals surface area contributed by atoms with E-state index in [1.165, 1.54) is 24.3 Å². The first-order chi connectivity index (χ1) is 11.6. The Labute approximate surface area is 139 Å². The minimum absolute atomic E-state index is 0.0231. The highest BCUT2D eigenvalue weighted by atomic mass is 16.6. The van der Waals surface area contributed by atoms with E-state index in [-0.39, 0.29) is 12.3 Å². The lowest BCUT2D eigenvalue weighted by Crippen LogP contribution is -2.04. The Kier molecular flexibility index (Phi) is 6.08. The van der Waals surface area contributed by atoms with Gasteiger partial charge in [0, 0.05) is 24.6 Å². The van der Waals surface area contributed by atoms with Crippen molar-refractivity contribution in [2.75, 3.05) is 13.7 Å². The molecule has 0 spiro atoms. The molecule has 2 aromatic carbocycles. The first-order valence-electron chi connectivity index (χ1n) is 7.31. The predicted molar refractivity (Wildman–Crippen MR) is 89.8 cm³/mol. The van der Waals surface area contributed by atoms with Gasteiger partial charge in [0.1, 0.15) is 5.75 Å². The fourth-order valence-electron chi connectivity index (χ4n) is 2.02. The van der Waals surface area contributed by atoms with Gasteiger partial charge in [-0.15, -0.1) is 0 Å². The van der Waals surface area contributed by atoms with E-state index in [0.717, 1.165) is 11.3 Å². The van der Waals surface area contributed by atoms with Crippen molar-refractivity contribution in [1.82, 2.24) is 0 Å². The highest BCUT2D eigenvalue weighted by Gasteiger charge is 2.04. The number of nitro groups is 1. The molecular weight excluding hydrogens is 310 g/mol. The number of carbonyl (C=O) groups excluding carboxylic acids is 1. The van der Waals surface area contributed by atoms with Crippen molar-refractivity contribution < 1.29 is 19.2 Å². The van der Waals surface area contributed by atoms with Crippen LogP contribution in [0.25, 0.3) is 6.08 Å². The molecule has 0 aliphatic heterocycles. The summed E-state index contributed by atoms with van der Waals surface area (Å²) in [5.74, 6) is 0.283. The molecular formula is C18H17NO5. The van der Waals surface area contributed by atoms with Crippen molar-refractivity contribution in [3.8, 4) is 5.75 Å². The molecule has 0 unspecified atom stereocenters. The Hall–Kier alpha value is -3.15. The minimum Gasteiger partial charge on any atom is -0.497 e. The van der Waals surface area contributed by atoms with Crippen molar-refractivity contribution in [2.45, 2.75) is 6.42 Å². The quantitative estimate of drug-likeness (QED) is 0.337. The van der Waals surface area contributed by atoms with Gasteiger partial charge in [0.15, 0.2) is 0 Å². The van der Waals surface area contributed by atoms with Crippen LogP contribution in [0.4, 0.5) is 5.69 Å². The van der Waals surface area contributed by atoms with Gasteiger partial charge >= 0.3 is 5.97 Å². The molecule has 0 saturated heterocycles. The van der Waals surface area contributed by atoms with Gasteiger partial charge in [-0.1, -0.05) is 24.3 Å². The minimum atomic E-state index is -0.491. The number of nitrogens with zero attached hydrogens (tertiary/aromatic N) is 1. The molecule has 0 atom stereocenters. The van der Waals surface area contributed by atoms with Gasteiger partial charge in [0.2, 0.25) is 0 Å². The standard InChI is InChI=1S/C18H17NO5/c1-23-17-8-5-14(6-9-17)11-12-24-18(20)10-7-15-3-2-4-16(13-15)19(21)22/h2-10,13H,11-12H2,1H3/b10-7+. The molecule has 0 aromatic heterocycles. The fourth-order valence-corrected chi connectivity index (χ4v) is 2.02. The second-order valence-electron chi connectivity index (χ2n) is 4.95. The molecule has 0 aliphatic carbocycles. The zero-order chi connectivity index (χ0) is 17.4. The Morgan fingerprint density at radius 1 is 1.21 bits per heavy atom. The monoisotopic (exact) mass is 327 g/mol. The van der Waals surface area contributed by atoms with Crippen molar-refractivity contribution in [1.29, 1.82) is 0 Å². The number of nitro benzene ring substituents is 1. The Balaban J connectivity index is 1.82. The summed E-state index contributed by atoms with van der Waals surface area (Å²) in [5, 5.41) is 10.7. The molecule has 2 rings (SSSR count). The summed E-state index contributed by atoms with van der Waals surface area (Å²) in [4.78, 5) is 21.9. The van der Waals surface area contributed by atoms with E-state index in [9.17, 15) is 14.9 Å². The zero-order valence-electron chi connectivity index (χ0n) is 13.2. The SMILES string of the molecule is COc1ccc(CCOC(=O)/C=C/c2cccc([N+](=O)[O-])c2)cc1. The van der Waals surface area contributed by atoms with Crippen LogP contribution in [0.3, 0.4) is 0 Å². The molecule has 24 heavy (non-hydrogen) atoms. The van der Waals surface area contributed by atoms with E-state index in [4.69, 9.17) is 9.47 Å². The average molecular weight is 327 g/mol. The number of hydrogen-bond donors (Lipinski definition) is 0. The maximum Gasteiger partial charge on any atom is 0.330 e. The number of methoxy groups -OCH3 is 1. The van der Waals surface area contributed by atoms with Gasteiger partial charge in [-0.2, -0.15) is 0 Å². The lowest BCUT2D eigenvalue weighted by atomic mass is 10.1. The predicted octanol–water partition coefficient (Wildman–Crippen LogP) is 3.40. The molecule has 0 bridgehead atoms. The molecule has 124 valence electrons. The summed E-state index contributed by atoms with van der Waals surface area (Å²) in [6.07, 6.45) is 3.34. The molecule has 6 heteroatoms. The Bertz CT molecular complexity index is 737. The van der Waals surface area contributed by atoms with E-state index >= 15 is 0 Å². The third-order valence-corrected chi connectivity index (χ3v) is 3.29. The van der Waals surface area contributed by atoms with Crippen molar-refractivity contribution in [3.63, 3.8) is 0 Å². The highest BCUT2D eigenvalue weighted by molar-refractivity contribution is 5.87.